The maximum absolute atomic E-state index is 3.91. The van der Waals surface area contributed by atoms with Gasteiger partial charge >= 0.3 is 34.5 Å². The predicted octanol–water partition coefficient (Wildman–Crippen LogP) is 2.58. The molecule has 0 aliphatic carbocycles. The zero-order chi connectivity index (χ0) is 6.50. The molecule has 0 aromatic rings. The van der Waals surface area contributed by atoms with Gasteiger partial charge in [0.2, 0.25) is 0 Å². The summed E-state index contributed by atoms with van der Waals surface area (Å²) < 4.78 is 0. The molecule has 0 aromatic heterocycles. The number of rotatable bonds is 0. The van der Waals surface area contributed by atoms with Gasteiger partial charge in [-0.25, -0.2) is 0 Å². The van der Waals surface area contributed by atoms with Crippen molar-refractivity contribution < 1.29 is 14.8 Å². The number of hydrogen-bond donors (Lipinski definition) is 0. The molecule has 0 atom stereocenters. The maximum atomic E-state index is 3.91. The van der Waals surface area contributed by atoms with Crippen LogP contribution in [0, 0.1) is 6.55 Å². The second-order valence-electron chi connectivity index (χ2n) is 2.56. The van der Waals surface area contributed by atoms with Crippen LogP contribution in [0.2, 0.25) is 19.6 Å². The molecule has 0 amide bonds. The van der Waals surface area contributed by atoms with Crippen molar-refractivity contribution in [2.24, 2.45) is 0 Å². The van der Waals surface area contributed by atoms with Crippen molar-refractivity contribution in [1.82, 2.24) is 0 Å². The minimum atomic E-state index is -0.861. The van der Waals surface area contributed by atoms with Crippen molar-refractivity contribution in [3.8, 4) is 0 Å². The molecule has 0 aromatic carbocycles. The van der Waals surface area contributed by atoms with Gasteiger partial charge in [-0.3, -0.25) is 0 Å². The van der Waals surface area contributed by atoms with Gasteiger partial charge in [0.15, 0.2) is 0 Å². The van der Waals surface area contributed by atoms with Gasteiger partial charge in [-0.05, 0) is 0 Å². The van der Waals surface area contributed by atoms with Crippen molar-refractivity contribution in [3.05, 3.63) is 6.55 Å². The van der Waals surface area contributed by atoms with E-state index in [1.54, 1.807) is 0 Å². The molecule has 0 spiro atoms. The van der Waals surface area contributed by atoms with E-state index >= 15 is 0 Å². The van der Waals surface area contributed by atoms with Gasteiger partial charge in [0.25, 0.3) is 0 Å². The second kappa shape index (κ2) is 5.70. The Bertz CT molecular complexity index is 27.2. The van der Waals surface area contributed by atoms with Gasteiger partial charge < -0.3 is 6.55 Å². The van der Waals surface area contributed by atoms with Gasteiger partial charge in [-0.1, -0.05) is 19.6 Å². The van der Waals surface area contributed by atoms with Crippen LogP contribution < -0.4 is 0 Å². The Balaban J connectivity index is 0. The van der Waals surface area contributed by atoms with Gasteiger partial charge in [0, 0.05) is 0 Å². The van der Waals surface area contributed by atoms with Crippen LogP contribution in [-0.4, -0.2) is 8.07 Å². The molecule has 40 valence electrons. The van der Waals surface area contributed by atoms with Crippen LogP contribution in [0.4, 0.5) is 0 Å². The van der Waals surface area contributed by atoms with Crippen LogP contribution in [0.1, 0.15) is 0 Å². The summed E-state index contributed by atoms with van der Waals surface area (Å²) in [6.07, 6.45) is 0. The molecule has 0 unspecified atom stereocenters. The summed E-state index contributed by atoms with van der Waals surface area (Å²) in [4.78, 5) is 0. The molecule has 0 aliphatic rings. The van der Waals surface area contributed by atoms with Crippen molar-refractivity contribution in [2.75, 3.05) is 0 Å². The summed E-state index contributed by atoms with van der Waals surface area (Å²) >= 11 is 3.62. The molecule has 0 saturated heterocycles. The van der Waals surface area contributed by atoms with Gasteiger partial charge in [0.1, 0.15) is 0 Å². The van der Waals surface area contributed by atoms with Crippen molar-refractivity contribution in [3.63, 3.8) is 0 Å². The molecule has 0 fully saturated rings. The number of halogens is 1. The number of hydrogen-bond acceptors (Lipinski definition) is 0. The summed E-state index contributed by atoms with van der Waals surface area (Å²) in [5.41, 5.74) is 0. The van der Waals surface area contributed by atoms with Crippen molar-refractivity contribution in [2.45, 2.75) is 19.6 Å². The fourth-order valence-corrected chi connectivity index (χ4v) is 0. The minimum absolute atomic E-state index is 0.861. The molecule has 0 saturated carbocycles. The van der Waals surface area contributed by atoms with E-state index in [2.05, 4.69) is 45.9 Å². The molecule has 0 radical (unpaired) electrons. The Kier molecular flexibility index (Phi) is 9.27. The fraction of sp³-hybridized carbons (Fsp3) is 0.750. The summed E-state index contributed by atoms with van der Waals surface area (Å²) in [5.74, 6) is 0. The fourth-order valence-electron chi connectivity index (χ4n) is 0. The average molecular weight is 280 g/mol. The first-order valence-corrected chi connectivity index (χ1v) is 14.9. The van der Waals surface area contributed by atoms with E-state index in [9.17, 15) is 0 Å². The van der Waals surface area contributed by atoms with E-state index in [0.29, 0.717) is 0 Å². The summed E-state index contributed by atoms with van der Waals surface area (Å²) in [5, 5.41) is 0. The first-order chi connectivity index (χ1) is 3.00. The van der Waals surface area contributed by atoms with Crippen LogP contribution in [0.15, 0.2) is 0 Å². The SMILES string of the molecule is [CH2-][Si](C)(C)C.[Zn+][I]. The topological polar surface area (TPSA) is 0 Å². The van der Waals surface area contributed by atoms with E-state index in [-0.39, 0.29) is 0 Å². The summed E-state index contributed by atoms with van der Waals surface area (Å²) in [7, 11) is -0.861. The third kappa shape index (κ3) is 95.3. The van der Waals surface area contributed by atoms with Crippen molar-refractivity contribution in [1.29, 1.82) is 0 Å². The molecule has 0 rings (SSSR count). The summed E-state index contributed by atoms with van der Waals surface area (Å²) in [6.45, 7) is 10.6. The van der Waals surface area contributed by atoms with E-state index in [1.807, 2.05) is 0 Å². The molecular formula is C4H11ISiZn. The van der Waals surface area contributed by atoms with Crippen LogP contribution in [0.3, 0.4) is 0 Å². The average Bonchev–Trinajstić information content (AvgIpc) is 1.36. The first-order valence-electron chi connectivity index (χ1n) is 2.12. The van der Waals surface area contributed by atoms with E-state index in [4.69, 9.17) is 0 Å². The Hall–Kier alpha value is 1.57. The van der Waals surface area contributed by atoms with Crippen molar-refractivity contribution >= 4 is 27.8 Å². The van der Waals surface area contributed by atoms with E-state index in [1.165, 1.54) is 14.8 Å². The zero-order valence-corrected chi connectivity index (χ0v) is 11.4. The summed E-state index contributed by atoms with van der Waals surface area (Å²) in [6, 6.07) is 0. The van der Waals surface area contributed by atoms with E-state index in [0.717, 1.165) is 0 Å². The molecule has 0 N–H and O–H groups in total. The van der Waals surface area contributed by atoms with Crippen LogP contribution in [0.25, 0.3) is 0 Å². The molecule has 0 nitrogen and oxygen atoms in total. The molecule has 0 aliphatic heterocycles. The van der Waals surface area contributed by atoms with E-state index < -0.39 is 8.07 Å². The van der Waals surface area contributed by atoms with Gasteiger partial charge in [-0.15, -0.1) is 8.07 Å². The Morgan fingerprint density at radius 3 is 1.29 bits per heavy atom. The predicted molar refractivity (Wildman–Crippen MR) is 42.7 cm³/mol. The van der Waals surface area contributed by atoms with Gasteiger partial charge in [0.05, 0.1) is 0 Å². The molecular weight excluding hydrogens is 268 g/mol. The molecule has 3 heteroatoms. The Labute approximate surface area is 68.3 Å². The van der Waals surface area contributed by atoms with Crippen LogP contribution in [-0.2, 0) is 14.8 Å². The molecule has 7 heavy (non-hydrogen) atoms. The quantitative estimate of drug-likeness (QED) is 0.363. The zero-order valence-electron chi connectivity index (χ0n) is 5.29. The van der Waals surface area contributed by atoms with Gasteiger partial charge in [-0.2, -0.15) is 0 Å². The second-order valence-corrected chi connectivity index (χ2v) is 7.68. The molecule has 0 bridgehead atoms. The third-order valence-corrected chi connectivity index (χ3v) is 0. The monoisotopic (exact) mass is 278 g/mol. The van der Waals surface area contributed by atoms with Crippen LogP contribution in [0.5, 0.6) is 0 Å². The van der Waals surface area contributed by atoms with Crippen LogP contribution >= 0.6 is 19.8 Å². The molecule has 0 heterocycles. The Morgan fingerprint density at radius 1 is 1.29 bits per heavy atom. The first kappa shape index (κ1) is 11.4. The standard InChI is InChI=1S/C4H11Si.HI.Zn/c1-5(2,3)4;;/h1H2,2-4H3;1H;/q-1;;+2/p-1. The Morgan fingerprint density at radius 2 is 1.29 bits per heavy atom. The normalized spacial score (nSPS) is 9.57. The third-order valence-electron chi connectivity index (χ3n) is 0.